The lowest BCUT2D eigenvalue weighted by Gasteiger charge is -2.35. The summed E-state index contributed by atoms with van der Waals surface area (Å²) in [6.07, 6.45) is 4.10. The van der Waals surface area contributed by atoms with E-state index in [1.54, 1.807) is 0 Å². The Morgan fingerprint density at radius 3 is 2.70 bits per heavy atom. The van der Waals surface area contributed by atoms with Gasteiger partial charge in [0.05, 0.1) is 0 Å². The normalized spacial score (nSPS) is 26.8. The highest BCUT2D eigenvalue weighted by Crippen LogP contribution is 2.30. The number of hydrogen-bond donors (Lipinski definition) is 1. The van der Waals surface area contributed by atoms with Gasteiger partial charge in [-0.1, -0.05) is 69.2 Å². The van der Waals surface area contributed by atoms with Crippen molar-refractivity contribution in [1.29, 1.82) is 0 Å². The number of nitrogens with one attached hydrogen (secondary N) is 1. The predicted octanol–water partition coefficient (Wildman–Crippen LogP) is 4.75. The molecule has 0 heterocycles. The van der Waals surface area contributed by atoms with Gasteiger partial charge in [0, 0.05) is 12.6 Å². The van der Waals surface area contributed by atoms with Crippen molar-refractivity contribution in [2.45, 2.75) is 45.7 Å². The largest absolute Gasteiger partial charge is 0.310 e. The van der Waals surface area contributed by atoms with Gasteiger partial charge in [0.2, 0.25) is 0 Å². The number of rotatable bonds is 3. The molecule has 20 heavy (non-hydrogen) atoms. The molecule has 2 aromatic rings. The van der Waals surface area contributed by atoms with Crippen LogP contribution >= 0.6 is 0 Å². The Kier molecular flexibility index (Phi) is 4.07. The number of benzene rings is 2. The molecule has 106 valence electrons. The van der Waals surface area contributed by atoms with Gasteiger partial charge in [0.1, 0.15) is 0 Å². The third-order valence-electron chi connectivity index (χ3n) is 5.14. The Bertz CT molecular complexity index is 569. The first-order chi connectivity index (χ1) is 9.75. The molecule has 0 aromatic heterocycles. The summed E-state index contributed by atoms with van der Waals surface area (Å²) in [6.45, 7) is 5.80. The molecule has 1 nitrogen and oxygen atoms in total. The highest BCUT2D eigenvalue weighted by molar-refractivity contribution is 5.85. The van der Waals surface area contributed by atoms with Gasteiger partial charge in [-0.05, 0) is 34.6 Å². The van der Waals surface area contributed by atoms with Gasteiger partial charge >= 0.3 is 0 Å². The van der Waals surface area contributed by atoms with Crippen LogP contribution in [0, 0.1) is 11.8 Å². The molecule has 0 bridgehead atoms. The molecular formula is C19H25N. The quantitative estimate of drug-likeness (QED) is 0.846. The lowest BCUT2D eigenvalue weighted by molar-refractivity contribution is 0.206. The van der Waals surface area contributed by atoms with Crippen LogP contribution in [0.5, 0.6) is 0 Å². The van der Waals surface area contributed by atoms with Crippen molar-refractivity contribution >= 4 is 10.8 Å². The highest BCUT2D eigenvalue weighted by Gasteiger charge is 2.26. The van der Waals surface area contributed by atoms with E-state index in [1.165, 1.54) is 35.6 Å². The third kappa shape index (κ3) is 2.73. The molecule has 1 aliphatic rings. The van der Waals surface area contributed by atoms with E-state index >= 15 is 0 Å². The maximum atomic E-state index is 3.81. The summed E-state index contributed by atoms with van der Waals surface area (Å²) in [6, 6.07) is 16.0. The zero-order chi connectivity index (χ0) is 13.9. The molecule has 1 saturated carbocycles. The average molecular weight is 267 g/mol. The van der Waals surface area contributed by atoms with Gasteiger partial charge < -0.3 is 5.32 Å². The van der Waals surface area contributed by atoms with Gasteiger partial charge in [-0.3, -0.25) is 0 Å². The van der Waals surface area contributed by atoms with Gasteiger partial charge in [-0.15, -0.1) is 0 Å². The molecule has 1 heteroatoms. The van der Waals surface area contributed by atoms with Crippen LogP contribution in [0.25, 0.3) is 10.8 Å². The standard InChI is InChI=1S/C19H25N/c1-14-7-5-12-19(15(14)2)20-13-17-10-6-9-16-8-3-4-11-18(16)17/h3-4,6,8-11,14-15,19-20H,5,7,12-13H2,1-2H3/t14-,15-,19-/m1/s1. The second kappa shape index (κ2) is 5.97. The predicted molar refractivity (Wildman–Crippen MR) is 86.8 cm³/mol. The van der Waals surface area contributed by atoms with Crippen LogP contribution in [0.15, 0.2) is 42.5 Å². The summed E-state index contributed by atoms with van der Waals surface area (Å²) in [7, 11) is 0. The molecule has 0 spiro atoms. The molecule has 0 amide bonds. The van der Waals surface area contributed by atoms with Crippen LogP contribution in [-0.4, -0.2) is 6.04 Å². The fourth-order valence-corrected chi connectivity index (χ4v) is 3.56. The molecule has 0 aliphatic heterocycles. The van der Waals surface area contributed by atoms with Gasteiger partial charge in [-0.2, -0.15) is 0 Å². The fraction of sp³-hybridized carbons (Fsp3) is 0.474. The molecule has 0 saturated heterocycles. The molecule has 1 aliphatic carbocycles. The molecule has 2 aromatic carbocycles. The Morgan fingerprint density at radius 1 is 1.00 bits per heavy atom. The van der Waals surface area contributed by atoms with Crippen LogP contribution in [0.2, 0.25) is 0 Å². The summed E-state index contributed by atoms with van der Waals surface area (Å²) >= 11 is 0. The SMILES string of the molecule is C[C@@H]1[C@H](C)CCC[C@H]1NCc1cccc2ccccc12. The van der Waals surface area contributed by atoms with E-state index < -0.39 is 0 Å². The van der Waals surface area contributed by atoms with E-state index in [0.29, 0.717) is 6.04 Å². The third-order valence-corrected chi connectivity index (χ3v) is 5.14. The number of hydrogen-bond acceptors (Lipinski definition) is 1. The molecule has 0 radical (unpaired) electrons. The Balaban J connectivity index is 1.74. The van der Waals surface area contributed by atoms with Crippen LogP contribution < -0.4 is 5.32 Å². The molecule has 3 atom stereocenters. The van der Waals surface area contributed by atoms with Gasteiger partial charge in [0.25, 0.3) is 0 Å². The summed E-state index contributed by atoms with van der Waals surface area (Å²) in [5, 5.41) is 6.54. The van der Waals surface area contributed by atoms with E-state index in [9.17, 15) is 0 Å². The minimum atomic E-state index is 0.678. The van der Waals surface area contributed by atoms with Crippen LogP contribution in [0.4, 0.5) is 0 Å². The molecule has 1 fully saturated rings. The maximum absolute atomic E-state index is 3.81. The Hall–Kier alpha value is -1.34. The minimum Gasteiger partial charge on any atom is -0.310 e. The topological polar surface area (TPSA) is 12.0 Å². The van der Waals surface area contributed by atoms with Crippen molar-refractivity contribution in [2.75, 3.05) is 0 Å². The molecular weight excluding hydrogens is 242 g/mol. The first kappa shape index (κ1) is 13.6. The summed E-state index contributed by atoms with van der Waals surface area (Å²) in [5.74, 6) is 1.65. The molecule has 0 unspecified atom stereocenters. The van der Waals surface area contributed by atoms with Crippen molar-refractivity contribution in [3.8, 4) is 0 Å². The van der Waals surface area contributed by atoms with E-state index in [1.807, 2.05) is 0 Å². The first-order valence-electron chi connectivity index (χ1n) is 7.96. The van der Waals surface area contributed by atoms with Crippen molar-refractivity contribution in [1.82, 2.24) is 5.32 Å². The van der Waals surface area contributed by atoms with Crippen LogP contribution in [0.3, 0.4) is 0 Å². The van der Waals surface area contributed by atoms with Crippen molar-refractivity contribution < 1.29 is 0 Å². The fourth-order valence-electron chi connectivity index (χ4n) is 3.56. The Labute approximate surface area is 122 Å². The second-order valence-corrected chi connectivity index (χ2v) is 6.39. The van der Waals surface area contributed by atoms with E-state index in [0.717, 1.165) is 18.4 Å². The maximum Gasteiger partial charge on any atom is 0.0214 e. The minimum absolute atomic E-state index is 0.678. The van der Waals surface area contributed by atoms with Gasteiger partial charge in [0.15, 0.2) is 0 Å². The first-order valence-corrected chi connectivity index (χ1v) is 7.96. The highest BCUT2D eigenvalue weighted by atomic mass is 14.9. The zero-order valence-corrected chi connectivity index (χ0v) is 12.6. The van der Waals surface area contributed by atoms with E-state index in [4.69, 9.17) is 0 Å². The van der Waals surface area contributed by atoms with Crippen LogP contribution in [-0.2, 0) is 6.54 Å². The van der Waals surface area contributed by atoms with Crippen LogP contribution in [0.1, 0.15) is 38.7 Å². The average Bonchev–Trinajstić information content (AvgIpc) is 2.49. The summed E-state index contributed by atoms with van der Waals surface area (Å²) in [5.41, 5.74) is 1.42. The summed E-state index contributed by atoms with van der Waals surface area (Å²) < 4.78 is 0. The van der Waals surface area contributed by atoms with E-state index in [2.05, 4.69) is 61.6 Å². The zero-order valence-electron chi connectivity index (χ0n) is 12.6. The van der Waals surface area contributed by atoms with Crippen molar-refractivity contribution in [2.24, 2.45) is 11.8 Å². The number of fused-ring (bicyclic) bond motifs is 1. The molecule has 3 rings (SSSR count). The monoisotopic (exact) mass is 267 g/mol. The van der Waals surface area contributed by atoms with Crippen molar-refractivity contribution in [3.05, 3.63) is 48.0 Å². The Morgan fingerprint density at radius 2 is 1.80 bits per heavy atom. The smallest absolute Gasteiger partial charge is 0.0214 e. The van der Waals surface area contributed by atoms with E-state index in [-0.39, 0.29) is 0 Å². The second-order valence-electron chi connectivity index (χ2n) is 6.39. The van der Waals surface area contributed by atoms with Crippen molar-refractivity contribution in [3.63, 3.8) is 0 Å². The lowest BCUT2D eigenvalue weighted by Crippen LogP contribution is -2.40. The van der Waals surface area contributed by atoms with Gasteiger partial charge in [-0.25, -0.2) is 0 Å². The molecule has 1 N–H and O–H groups in total. The lowest BCUT2D eigenvalue weighted by atomic mass is 9.78. The summed E-state index contributed by atoms with van der Waals surface area (Å²) in [4.78, 5) is 0.